The predicted octanol–water partition coefficient (Wildman–Crippen LogP) is 4.20. The van der Waals surface area contributed by atoms with Gasteiger partial charge in [0.1, 0.15) is 5.76 Å². The van der Waals surface area contributed by atoms with E-state index in [0.717, 1.165) is 17.2 Å². The van der Waals surface area contributed by atoms with E-state index in [1.807, 2.05) is 42.5 Å². The van der Waals surface area contributed by atoms with Crippen molar-refractivity contribution in [3.63, 3.8) is 0 Å². The summed E-state index contributed by atoms with van der Waals surface area (Å²) in [5.41, 5.74) is 1.26. The van der Waals surface area contributed by atoms with Gasteiger partial charge in [-0.05, 0) is 29.3 Å². The highest BCUT2D eigenvalue weighted by molar-refractivity contribution is 6.06. The number of ketones is 1. The monoisotopic (exact) mass is 305 g/mol. The van der Waals surface area contributed by atoms with Crippen LogP contribution in [-0.2, 0) is 6.42 Å². The summed E-state index contributed by atoms with van der Waals surface area (Å²) in [5, 5.41) is 5.00. The molecule has 1 N–H and O–H groups in total. The lowest BCUT2D eigenvalue weighted by atomic mass is 9.97. The zero-order chi connectivity index (χ0) is 15.8. The quantitative estimate of drug-likeness (QED) is 0.771. The molecule has 23 heavy (non-hydrogen) atoms. The van der Waals surface area contributed by atoms with Gasteiger partial charge in [0, 0.05) is 24.6 Å². The minimum Gasteiger partial charge on any atom is -0.455 e. The van der Waals surface area contributed by atoms with Gasteiger partial charge in [0.15, 0.2) is 11.5 Å². The van der Waals surface area contributed by atoms with Crippen molar-refractivity contribution < 1.29 is 14.0 Å². The molecule has 1 heterocycles. The molecule has 2 aromatic carbocycles. The Kier molecular flexibility index (Phi) is 3.23. The van der Waals surface area contributed by atoms with Gasteiger partial charge in [0.2, 0.25) is 0 Å². The number of furan rings is 1. The van der Waals surface area contributed by atoms with Crippen LogP contribution in [0.25, 0.3) is 10.8 Å². The Labute approximate surface area is 133 Å². The first-order valence-corrected chi connectivity index (χ1v) is 7.67. The molecule has 4 nitrogen and oxygen atoms in total. The average molecular weight is 305 g/mol. The maximum Gasteiger partial charge on any atom is 0.291 e. The van der Waals surface area contributed by atoms with Crippen LogP contribution >= 0.6 is 0 Å². The molecule has 114 valence electrons. The number of Topliss-reactive ketones (excluding diaryl/α,β-unsaturated/α-hetero) is 1. The van der Waals surface area contributed by atoms with Crippen molar-refractivity contribution >= 4 is 28.2 Å². The molecule has 1 aromatic heterocycles. The molecular formula is C19H15NO3. The van der Waals surface area contributed by atoms with E-state index in [9.17, 15) is 9.59 Å². The van der Waals surface area contributed by atoms with Gasteiger partial charge in [-0.25, -0.2) is 0 Å². The van der Waals surface area contributed by atoms with E-state index in [-0.39, 0.29) is 17.5 Å². The number of amides is 1. The summed E-state index contributed by atoms with van der Waals surface area (Å²) in [5.74, 6) is 0.547. The molecule has 0 bridgehead atoms. The summed E-state index contributed by atoms with van der Waals surface area (Å²) < 4.78 is 5.57. The molecule has 1 amide bonds. The van der Waals surface area contributed by atoms with Crippen LogP contribution in [0, 0.1) is 0 Å². The Morgan fingerprint density at radius 2 is 1.83 bits per heavy atom. The molecule has 4 rings (SSSR count). The smallest absolute Gasteiger partial charge is 0.291 e. The number of hydrogen-bond acceptors (Lipinski definition) is 3. The fourth-order valence-corrected chi connectivity index (χ4v) is 2.97. The van der Waals surface area contributed by atoms with Crippen molar-refractivity contribution in [1.82, 2.24) is 0 Å². The van der Waals surface area contributed by atoms with E-state index in [4.69, 9.17) is 4.42 Å². The summed E-state index contributed by atoms with van der Waals surface area (Å²) in [6.45, 7) is 0. The minimum atomic E-state index is -0.331. The van der Waals surface area contributed by atoms with Gasteiger partial charge in [0.05, 0.1) is 5.56 Å². The molecule has 0 unspecified atom stereocenters. The Hall–Kier alpha value is -2.88. The molecule has 0 fully saturated rings. The highest BCUT2D eigenvalue weighted by Crippen LogP contribution is 2.26. The van der Waals surface area contributed by atoms with Crippen LogP contribution < -0.4 is 5.32 Å². The number of rotatable bonds is 2. The third-order valence-corrected chi connectivity index (χ3v) is 4.15. The summed E-state index contributed by atoms with van der Waals surface area (Å²) in [7, 11) is 0. The zero-order valence-electron chi connectivity index (χ0n) is 12.5. The van der Waals surface area contributed by atoms with Crippen molar-refractivity contribution in [1.29, 1.82) is 0 Å². The zero-order valence-corrected chi connectivity index (χ0v) is 12.5. The predicted molar refractivity (Wildman–Crippen MR) is 87.9 cm³/mol. The molecular weight excluding hydrogens is 290 g/mol. The normalized spacial score (nSPS) is 13.8. The number of carbonyl (C=O) groups excluding carboxylic acids is 2. The van der Waals surface area contributed by atoms with Gasteiger partial charge in [-0.1, -0.05) is 30.3 Å². The minimum absolute atomic E-state index is 0.0553. The molecule has 1 aliphatic rings. The largest absolute Gasteiger partial charge is 0.455 e. The highest BCUT2D eigenvalue weighted by Gasteiger charge is 2.24. The van der Waals surface area contributed by atoms with Crippen LogP contribution in [0.15, 0.2) is 52.9 Å². The molecule has 3 aromatic rings. The van der Waals surface area contributed by atoms with Crippen molar-refractivity contribution in [2.24, 2.45) is 0 Å². The van der Waals surface area contributed by atoms with Gasteiger partial charge in [-0.15, -0.1) is 0 Å². The molecule has 0 saturated heterocycles. The lowest BCUT2D eigenvalue weighted by Gasteiger charge is -2.06. The Morgan fingerprint density at radius 3 is 2.65 bits per heavy atom. The molecule has 1 aliphatic carbocycles. The van der Waals surface area contributed by atoms with Crippen LogP contribution in [0.5, 0.6) is 0 Å². The molecule has 0 spiro atoms. The Balaban J connectivity index is 1.60. The van der Waals surface area contributed by atoms with E-state index in [1.54, 1.807) is 6.07 Å². The van der Waals surface area contributed by atoms with Crippen LogP contribution in [0.2, 0.25) is 0 Å². The third-order valence-electron chi connectivity index (χ3n) is 4.15. The molecule has 4 heteroatoms. The Morgan fingerprint density at radius 1 is 1.00 bits per heavy atom. The Bertz CT molecular complexity index is 923. The van der Waals surface area contributed by atoms with Crippen LogP contribution in [0.3, 0.4) is 0 Å². The lowest BCUT2D eigenvalue weighted by Crippen LogP contribution is -2.10. The highest BCUT2D eigenvalue weighted by atomic mass is 16.4. The molecule has 0 aliphatic heterocycles. The summed E-state index contributed by atoms with van der Waals surface area (Å²) in [6.07, 6.45) is 2.02. The number of nitrogens with one attached hydrogen (secondary N) is 1. The summed E-state index contributed by atoms with van der Waals surface area (Å²) in [4.78, 5) is 24.2. The number of fused-ring (bicyclic) bond motifs is 2. The van der Waals surface area contributed by atoms with E-state index in [1.165, 1.54) is 0 Å². The first-order valence-electron chi connectivity index (χ1n) is 7.67. The second-order valence-corrected chi connectivity index (χ2v) is 5.74. The number of anilines is 1. The molecule has 0 saturated carbocycles. The second-order valence-electron chi connectivity index (χ2n) is 5.74. The van der Waals surface area contributed by atoms with E-state index in [0.29, 0.717) is 29.9 Å². The maximum atomic E-state index is 12.4. The van der Waals surface area contributed by atoms with E-state index >= 15 is 0 Å². The number of aryl methyl sites for hydroxylation is 1. The maximum absolute atomic E-state index is 12.4. The SMILES string of the molecule is O=C(Nc1ccc2ccccc2c1)c1cc2c(o1)CCCC2=O. The summed E-state index contributed by atoms with van der Waals surface area (Å²) in [6, 6.07) is 15.2. The standard InChI is InChI=1S/C19H15NO3/c21-16-6-3-7-17-15(16)11-18(23-17)19(22)20-14-9-8-12-4-1-2-5-13(12)10-14/h1-2,4-5,8-11H,3,6-7H2,(H,20,22). The van der Waals surface area contributed by atoms with Gasteiger partial charge < -0.3 is 9.73 Å². The van der Waals surface area contributed by atoms with Gasteiger partial charge in [-0.2, -0.15) is 0 Å². The van der Waals surface area contributed by atoms with Crippen molar-refractivity contribution in [2.75, 3.05) is 5.32 Å². The van der Waals surface area contributed by atoms with Gasteiger partial charge >= 0.3 is 0 Å². The molecule has 0 radical (unpaired) electrons. The van der Waals surface area contributed by atoms with Crippen LogP contribution in [-0.4, -0.2) is 11.7 Å². The van der Waals surface area contributed by atoms with E-state index in [2.05, 4.69) is 5.32 Å². The number of benzene rings is 2. The number of hydrogen-bond donors (Lipinski definition) is 1. The van der Waals surface area contributed by atoms with Gasteiger partial charge in [0.25, 0.3) is 5.91 Å². The average Bonchev–Trinajstić information content (AvgIpc) is 3.01. The molecule has 0 atom stereocenters. The van der Waals surface area contributed by atoms with Crippen LogP contribution in [0.1, 0.15) is 39.5 Å². The van der Waals surface area contributed by atoms with E-state index < -0.39 is 0 Å². The number of carbonyl (C=O) groups is 2. The first kappa shape index (κ1) is 13.8. The summed E-state index contributed by atoms with van der Waals surface area (Å²) >= 11 is 0. The van der Waals surface area contributed by atoms with Crippen molar-refractivity contribution in [3.8, 4) is 0 Å². The van der Waals surface area contributed by atoms with Crippen LogP contribution in [0.4, 0.5) is 5.69 Å². The van der Waals surface area contributed by atoms with Gasteiger partial charge in [-0.3, -0.25) is 9.59 Å². The lowest BCUT2D eigenvalue weighted by molar-refractivity contribution is 0.0963. The van der Waals surface area contributed by atoms with Crippen molar-refractivity contribution in [3.05, 3.63) is 65.6 Å². The van der Waals surface area contributed by atoms with Crippen molar-refractivity contribution in [2.45, 2.75) is 19.3 Å². The third kappa shape index (κ3) is 2.52. The fourth-order valence-electron chi connectivity index (χ4n) is 2.97. The second kappa shape index (κ2) is 5.39. The fraction of sp³-hybridized carbons (Fsp3) is 0.158. The first-order chi connectivity index (χ1) is 11.2. The topological polar surface area (TPSA) is 59.3 Å².